The van der Waals surface area contributed by atoms with Gasteiger partial charge in [-0.05, 0) is 43.7 Å². The summed E-state index contributed by atoms with van der Waals surface area (Å²) in [4.78, 5) is 28.0. The molecule has 2 aliphatic rings. The fourth-order valence-electron chi connectivity index (χ4n) is 5.07. The number of rotatable bonds is 2. The SMILES string of the molecule is [2H]C([2H])([2H])N1C(=O)c2cccc(C#CC)c2[C@H]2C[C@@H]1c1nc3ccc(-c4cnc(C(C)O)nc4)cc3n12. The van der Waals surface area contributed by atoms with Gasteiger partial charge in [-0.2, -0.15) is 0 Å². The Morgan fingerprint density at radius 1 is 1.18 bits per heavy atom. The Labute approximate surface area is 201 Å². The Kier molecular flexibility index (Phi) is 3.85. The van der Waals surface area contributed by atoms with Gasteiger partial charge in [-0.25, -0.2) is 15.0 Å². The van der Waals surface area contributed by atoms with E-state index in [1.165, 1.54) is 0 Å². The van der Waals surface area contributed by atoms with Crippen molar-refractivity contribution < 1.29 is 14.0 Å². The van der Waals surface area contributed by atoms with E-state index in [0.29, 0.717) is 34.7 Å². The number of benzene rings is 2. The Bertz CT molecular complexity index is 1630. The van der Waals surface area contributed by atoms with Crippen LogP contribution in [-0.2, 0) is 0 Å². The minimum Gasteiger partial charge on any atom is -0.385 e. The van der Waals surface area contributed by atoms with Crippen LogP contribution in [0.15, 0.2) is 48.8 Å². The third-order valence-electron chi connectivity index (χ3n) is 6.61. The third kappa shape index (κ3) is 2.89. The molecule has 0 fully saturated rings. The Balaban J connectivity index is 1.59. The van der Waals surface area contributed by atoms with Crippen molar-refractivity contribution in [2.24, 2.45) is 0 Å². The predicted molar refractivity (Wildman–Crippen MR) is 128 cm³/mol. The van der Waals surface area contributed by atoms with Crippen LogP contribution in [0.3, 0.4) is 0 Å². The molecule has 0 radical (unpaired) electrons. The van der Waals surface area contributed by atoms with E-state index >= 15 is 0 Å². The predicted octanol–water partition coefficient (Wildman–Crippen LogP) is 4.04. The molecule has 4 aromatic rings. The van der Waals surface area contributed by atoms with E-state index in [2.05, 4.69) is 26.4 Å². The van der Waals surface area contributed by atoms with E-state index in [9.17, 15) is 9.90 Å². The smallest absolute Gasteiger partial charge is 0.254 e. The second-order valence-electron chi connectivity index (χ2n) is 8.63. The number of fused-ring (bicyclic) bond motifs is 9. The highest BCUT2D eigenvalue weighted by Gasteiger charge is 2.44. The minimum absolute atomic E-state index is 0.308. The number of carbonyl (C=O) groups excluding carboxylic acids is 1. The van der Waals surface area contributed by atoms with Crippen LogP contribution in [0.5, 0.6) is 0 Å². The van der Waals surface area contributed by atoms with Crippen molar-refractivity contribution in [2.75, 3.05) is 6.98 Å². The van der Waals surface area contributed by atoms with E-state index in [0.717, 1.165) is 27.1 Å². The van der Waals surface area contributed by atoms with Gasteiger partial charge in [-0.3, -0.25) is 4.79 Å². The first-order valence-corrected chi connectivity index (χ1v) is 11.1. The molecule has 0 saturated carbocycles. The summed E-state index contributed by atoms with van der Waals surface area (Å²) in [6, 6.07) is 10.1. The molecule has 0 spiro atoms. The van der Waals surface area contributed by atoms with Crippen LogP contribution >= 0.6 is 0 Å². The van der Waals surface area contributed by atoms with Gasteiger partial charge < -0.3 is 14.6 Å². The molecule has 6 rings (SSSR count). The van der Waals surface area contributed by atoms with Gasteiger partial charge in [0.2, 0.25) is 0 Å². The number of hydrogen-bond acceptors (Lipinski definition) is 5. The highest BCUT2D eigenvalue weighted by Crippen LogP contribution is 2.48. The van der Waals surface area contributed by atoms with Gasteiger partial charge in [0.05, 0.1) is 23.1 Å². The summed E-state index contributed by atoms with van der Waals surface area (Å²) in [5.74, 6) is 6.40. The van der Waals surface area contributed by atoms with E-state index in [1.54, 1.807) is 38.4 Å². The molecule has 7 nitrogen and oxygen atoms in total. The van der Waals surface area contributed by atoms with Gasteiger partial charge in [-0.1, -0.05) is 18.1 Å². The zero-order chi connectivity index (χ0) is 26.1. The average molecular weight is 453 g/mol. The zero-order valence-corrected chi connectivity index (χ0v) is 18.6. The Morgan fingerprint density at radius 2 is 2.00 bits per heavy atom. The Morgan fingerprint density at radius 3 is 2.74 bits per heavy atom. The molecule has 168 valence electrons. The van der Waals surface area contributed by atoms with Crippen LogP contribution in [0.25, 0.3) is 22.2 Å². The van der Waals surface area contributed by atoms with Crippen LogP contribution in [-0.4, -0.2) is 42.4 Å². The molecule has 1 N–H and O–H groups in total. The van der Waals surface area contributed by atoms with Crippen molar-refractivity contribution in [1.29, 1.82) is 0 Å². The van der Waals surface area contributed by atoms with Crippen LogP contribution in [0, 0.1) is 11.8 Å². The lowest BCUT2D eigenvalue weighted by Gasteiger charge is -2.24. The van der Waals surface area contributed by atoms with Gasteiger partial charge in [0.15, 0.2) is 5.82 Å². The highest BCUT2D eigenvalue weighted by molar-refractivity contribution is 5.98. The summed E-state index contributed by atoms with van der Waals surface area (Å²) in [5, 5.41) is 9.74. The van der Waals surface area contributed by atoms with Gasteiger partial charge in [-0.15, -0.1) is 5.92 Å². The maximum atomic E-state index is 13.6. The van der Waals surface area contributed by atoms with Crippen LogP contribution < -0.4 is 0 Å². The summed E-state index contributed by atoms with van der Waals surface area (Å²) in [6.45, 7) is 0.709. The van der Waals surface area contributed by atoms with Crippen molar-refractivity contribution in [3.05, 3.63) is 77.1 Å². The summed E-state index contributed by atoms with van der Waals surface area (Å²) >= 11 is 0. The van der Waals surface area contributed by atoms with Gasteiger partial charge >= 0.3 is 0 Å². The molecule has 1 unspecified atom stereocenters. The number of aliphatic hydroxyl groups excluding tert-OH is 1. The molecule has 2 aliphatic heterocycles. The topological polar surface area (TPSA) is 84.1 Å². The maximum absolute atomic E-state index is 13.6. The lowest BCUT2D eigenvalue weighted by Crippen LogP contribution is -2.30. The average Bonchev–Trinajstić information content (AvgIpc) is 3.36. The number of hydrogen-bond donors (Lipinski definition) is 1. The summed E-state index contributed by atoms with van der Waals surface area (Å²) in [6.07, 6.45) is 2.97. The van der Waals surface area contributed by atoms with Crippen molar-refractivity contribution in [3.8, 4) is 23.0 Å². The monoisotopic (exact) mass is 452 g/mol. The van der Waals surface area contributed by atoms with Crippen LogP contribution in [0.1, 0.15) is 75.7 Å². The fourth-order valence-corrected chi connectivity index (χ4v) is 5.07. The quantitative estimate of drug-likeness (QED) is 0.464. The van der Waals surface area contributed by atoms with E-state index in [4.69, 9.17) is 9.10 Å². The molecule has 1 amide bonds. The molecule has 0 aliphatic carbocycles. The van der Waals surface area contributed by atoms with Gasteiger partial charge in [0, 0.05) is 52.2 Å². The van der Waals surface area contributed by atoms with E-state index in [-0.39, 0.29) is 6.04 Å². The first-order valence-electron chi connectivity index (χ1n) is 12.6. The van der Waals surface area contributed by atoms with Gasteiger partial charge in [0.1, 0.15) is 11.9 Å². The van der Waals surface area contributed by atoms with Crippen LogP contribution in [0.4, 0.5) is 0 Å². The number of aliphatic hydroxyl groups is 1. The summed E-state index contributed by atoms with van der Waals surface area (Å²) in [5.41, 5.74) is 4.95. The number of nitrogens with zero attached hydrogens (tertiary/aromatic N) is 5. The maximum Gasteiger partial charge on any atom is 0.254 e. The minimum atomic E-state index is -2.64. The van der Waals surface area contributed by atoms with Gasteiger partial charge in [0.25, 0.3) is 5.91 Å². The second kappa shape index (κ2) is 7.51. The number of carbonyl (C=O) groups is 1. The molecule has 0 saturated heterocycles. The summed E-state index contributed by atoms with van der Waals surface area (Å²) in [7, 11) is 0. The van der Waals surface area contributed by atoms with Crippen molar-refractivity contribution >= 4 is 16.9 Å². The standard InChI is InChI=1S/C27H23N5O2/c1-4-6-16-7-5-8-19-24(16)22-12-23(31(3)27(19)34)26-30-20-10-9-17(11-21(20)32(22)26)18-13-28-25(15(2)33)29-14-18/h5,7-11,13-15,22-23,33H,12H2,1-3H3/t15?,22-,23-/m1/s1/i3D3. The molecular formula is C27H23N5O2. The molecule has 4 heterocycles. The third-order valence-corrected chi connectivity index (χ3v) is 6.61. The second-order valence-corrected chi connectivity index (χ2v) is 8.63. The molecule has 2 bridgehead atoms. The van der Waals surface area contributed by atoms with Crippen molar-refractivity contribution in [3.63, 3.8) is 0 Å². The number of amides is 1. The first kappa shape index (κ1) is 17.5. The van der Waals surface area contributed by atoms with E-state index in [1.807, 2.05) is 24.3 Å². The highest BCUT2D eigenvalue weighted by atomic mass is 16.3. The van der Waals surface area contributed by atoms with Crippen molar-refractivity contribution in [2.45, 2.75) is 38.5 Å². The molecule has 7 heteroatoms. The van der Waals surface area contributed by atoms with Crippen LogP contribution in [0.2, 0.25) is 0 Å². The normalized spacial score (nSPS) is 21.0. The fraction of sp³-hybridized carbons (Fsp3) is 0.259. The number of aromatic nitrogens is 4. The Hall–Kier alpha value is -4.02. The lowest BCUT2D eigenvalue weighted by atomic mass is 9.93. The molecule has 2 aromatic carbocycles. The molecule has 2 aromatic heterocycles. The largest absolute Gasteiger partial charge is 0.385 e. The first-order chi connectivity index (χ1) is 17.7. The molecular weight excluding hydrogens is 426 g/mol. The summed E-state index contributed by atoms with van der Waals surface area (Å²) < 4.78 is 26.6. The molecule has 3 atom stereocenters. The molecule has 34 heavy (non-hydrogen) atoms. The van der Waals surface area contributed by atoms with E-state index < -0.39 is 25.0 Å². The van der Waals surface area contributed by atoms with Crippen molar-refractivity contribution in [1.82, 2.24) is 24.4 Å². The zero-order valence-electron chi connectivity index (χ0n) is 21.6. The number of imidazole rings is 1. The lowest BCUT2D eigenvalue weighted by molar-refractivity contribution is 0.0734.